The fourth-order valence-electron chi connectivity index (χ4n) is 2.17. The maximum absolute atomic E-state index is 13.2. The first kappa shape index (κ1) is 17.5. The van der Waals surface area contributed by atoms with Crippen LogP contribution in [0.15, 0.2) is 63.3 Å². The smallest absolute Gasteiger partial charge is 0.206 e. The van der Waals surface area contributed by atoms with E-state index in [1.54, 1.807) is 28.1 Å². The zero-order chi connectivity index (χ0) is 17.8. The average Bonchev–Trinajstić information content (AvgIpc) is 3.17. The van der Waals surface area contributed by atoms with E-state index < -0.39 is 0 Å². The van der Waals surface area contributed by atoms with Crippen LogP contribution in [0.2, 0.25) is 0 Å². The number of hydrogen-bond acceptors (Lipinski definition) is 4. The van der Waals surface area contributed by atoms with Crippen molar-refractivity contribution in [2.24, 2.45) is 10.1 Å². The maximum Gasteiger partial charge on any atom is 0.206 e. The highest BCUT2D eigenvalue weighted by molar-refractivity contribution is 7.11. The third kappa shape index (κ3) is 4.21. The number of aromatic nitrogens is 1. The molecule has 2 heterocycles. The van der Waals surface area contributed by atoms with Gasteiger partial charge in [-0.3, -0.25) is 4.99 Å². The highest BCUT2D eigenvalue weighted by Crippen LogP contribution is 2.21. The van der Waals surface area contributed by atoms with Crippen molar-refractivity contribution in [3.63, 3.8) is 0 Å². The monoisotopic (exact) mass is 371 g/mol. The number of rotatable bonds is 5. The molecule has 3 nitrogen and oxygen atoms in total. The van der Waals surface area contributed by atoms with E-state index in [9.17, 15) is 4.39 Å². The molecule has 0 saturated heterocycles. The lowest BCUT2D eigenvalue weighted by molar-refractivity contribution is 0.628. The van der Waals surface area contributed by atoms with Crippen LogP contribution in [0.5, 0.6) is 0 Å². The van der Waals surface area contributed by atoms with Crippen LogP contribution in [-0.4, -0.2) is 17.4 Å². The summed E-state index contributed by atoms with van der Waals surface area (Å²) in [4.78, 5) is 6.48. The second-order valence-electron chi connectivity index (χ2n) is 5.71. The molecule has 0 aliphatic rings. The summed E-state index contributed by atoms with van der Waals surface area (Å²) in [6.07, 6.45) is 1.85. The zero-order valence-electron chi connectivity index (χ0n) is 14.1. The van der Waals surface area contributed by atoms with Crippen molar-refractivity contribution in [1.82, 2.24) is 4.68 Å². The van der Waals surface area contributed by atoms with Crippen LogP contribution in [-0.2, 0) is 0 Å². The van der Waals surface area contributed by atoms with Gasteiger partial charge in [0.2, 0.25) is 4.80 Å². The second-order valence-corrected chi connectivity index (χ2v) is 7.49. The Balaban J connectivity index is 2.08. The number of halogens is 1. The van der Waals surface area contributed by atoms with Gasteiger partial charge in [-0.05, 0) is 55.1 Å². The van der Waals surface area contributed by atoms with Gasteiger partial charge in [0.05, 0.1) is 23.3 Å². The Kier molecular flexibility index (Phi) is 5.40. The Morgan fingerprint density at radius 3 is 2.64 bits per heavy atom. The molecular formula is C19H18FN3S2. The second kappa shape index (κ2) is 7.72. The van der Waals surface area contributed by atoms with Crippen LogP contribution in [0, 0.1) is 12.7 Å². The molecule has 6 heteroatoms. The summed E-state index contributed by atoms with van der Waals surface area (Å²) in [5.41, 5.74) is 3.96. The Labute approximate surface area is 154 Å². The first-order valence-corrected chi connectivity index (χ1v) is 9.50. The minimum atomic E-state index is -0.254. The molecule has 128 valence electrons. The van der Waals surface area contributed by atoms with Crippen LogP contribution >= 0.6 is 22.7 Å². The molecule has 0 radical (unpaired) electrons. The van der Waals surface area contributed by atoms with Crippen LogP contribution in [0.4, 0.5) is 4.39 Å². The van der Waals surface area contributed by atoms with Crippen molar-refractivity contribution in [3.05, 3.63) is 74.3 Å². The highest BCUT2D eigenvalue weighted by Gasteiger charge is 2.08. The van der Waals surface area contributed by atoms with Gasteiger partial charge < -0.3 is 0 Å². The lowest BCUT2D eigenvalue weighted by atomic mass is 10.2. The molecule has 3 rings (SSSR count). The number of thiazole rings is 1. The topological polar surface area (TPSA) is 29.6 Å². The molecule has 0 unspecified atom stereocenters. The van der Waals surface area contributed by atoms with Crippen molar-refractivity contribution in [3.8, 4) is 11.3 Å². The highest BCUT2D eigenvalue weighted by atomic mass is 32.1. The molecule has 0 aliphatic carbocycles. The summed E-state index contributed by atoms with van der Waals surface area (Å²) in [5, 5.41) is 8.67. The van der Waals surface area contributed by atoms with Gasteiger partial charge in [0.25, 0.3) is 0 Å². The van der Waals surface area contributed by atoms with E-state index in [1.807, 2.05) is 23.9 Å². The van der Waals surface area contributed by atoms with E-state index in [1.165, 1.54) is 29.0 Å². The Morgan fingerprint density at radius 1 is 1.24 bits per heavy atom. The number of aryl methyl sites for hydroxylation is 1. The third-order valence-corrected chi connectivity index (χ3v) is 5.31. The number of hydrogen-bond donors (Lipinski definition) is 0. The number of thiophene rings is 1. The molecule has 0 atom stereocenters. The van der Waals surface area contributed by atoms with Crippen molar-refractivity contribution in [1.29, 1.82) is 0 Å². The molecule has 0 aliphatic heterocycles. The molecule has 0 N–H and O–H groups in total. The SMILES string of the molecule is C=C(C)CN=c1scc(-c2ccc(F)cc2)n1N=Cc1sccc1C. The van der Waals surface area contributed by atoms with Crippen LogP contribution < -0.4 is 4.80 Å². The van der Waals surface area contributed by atoms with Gasteiger partial charge in [0.1, 0.15) is 5.82 Å². The van der Waals surface area contributed by atoms with E-state index in [2.05, 4.69) is 29.7 Å². The van der Waals surface area contributed by atoms with Crippen LogP contribution in [0.25, 0.3) is 11.3 Å². The molecule has 0 amide bonds. The Bertz CT molecular complexity index is 975. The Hall–Kier alpha value is -2.31. The van der Waals surface area contributed by atoms with Crippen LogP contribution in [0.3, 0.4) is 0 Å². The van der Waals surface area contributed by atoms with Gasteiger partial charge in [-0.15, -0.1) is 22.7 Å². The summed E-state index contributed by atoms with van der Waals surface area (Å²) >= 11 is 3.16. The van der Waals surface area contributed by atoms with E-state index in [0.29, 0.717) is 6.54 Å². The molecule has 0 saturated carbocycles. The number of nitrogens with zero attached hydrogens (tertiary/aromatic N) is 3. The average molecular weight is 372 g/mol. The minimum Gasteiger partial charge on any atom is -0.253 e. The predicted octanol–water partition coefficient (Wildman–Crippen LogP) is 5.08. The lowest BCUT2D eigenvalue weighted by Gasteiger charge is -2.03. The van der Waals surface area contributed by atoms with Crippen molar-refractivity contribution in [2.45, 2.75) is 13.8 Å². The molecule has 0 fully saturated rings. The van der Waals surface area contributed by atoms with Gasteiger partial charge >= 0.3 is 0 Å². The molecule has 3 aromatic rings. The molecular weight excluding hydrogens is 353 g/mol. The van der Waals surface area contributed by atoms with Gasteiger partial charge in [0.15, 0.2) is 0 Å². The Morgan fingerprint density at radius 2 is 2.00 bits per heavy atom. The molecule has 0 spiro atoms. The lowest BCUT2D eigenvalue weighted by Crippen LogP contribution is -2.13. The first-order valence-electron chi connectivity index (χ1n) is 7.74. The molecule has 25 heavy (non-hydrogen) atoms. The standard InChI is InChI=1S/C19H18FN3S2/c1-13(2)10-21-19-23(22-11-18-14(3)8-9-24-18)17(12-25-19)15-4-6-16(20)7-5-15/h4-9,11-12H,1,10H2,2-3H3. The van der Waals surface area contributed by atoms with Crippen molar-refractivity contribution < 1.29 is 4.39 Å². The summed E-state index contributed by atoms with van der Waals surface area (Å²) < 4.78 is 15.0. The van der Waals surface area contributed by atoms with E-state index in [0.717, 1.165) is 26.5 Å². The quantitative estimate of drug-likeness (QED) is 0.442. The fraction of sp³-hybridized carbons (Fsp3) is 0.158. The van der Waals surface area contributed by atoms with Crippen molar-refractivity contribution in [2.75, 3.05) is 6.54 Å². The summed E-state index contributed by atoms with van der Waals surface area (Å²) in [5.74, 6) is -0.254. The van der Waals surface area contributed by atoms with Gasteiger partial charge in [0, 0.05) is 10.9 Å². The van der Waals surface area contributed by atoms with E-state index >= 15 is 0 Å². The van der Waals surface area contributed by atoms with Gasteiger partial charge in [-0.25, -0.2) is 9.07 Å². The zero-order valence-corrected chi connectivity index (χ0v) is 15.7. The maximum atomic E-state index is 13.2. The molecule has 2 aromatic heterocycles. The van der Waals surface area contributed by atoms with Crippen LogP contribution in [0.1, 0.15) is 17.4 Å². The summed E-state index contributed by atoms with van der Waals surface area (Å²) in [7, 11) is 0. The van der Waals surface area contributed by atoms with Gasteiger partial charge in [-0.1, -0.05) is 12.2 Å². The predicted molar refractivity (Wildman–Crippen MR) is 105 cm³/mol. The van der Waals surface area contributed by atoms with E-state index in [4.69, 9.17) is 0 Å². The number of benzene rings is 1. The summed E-state index contributed by atoms with van der Waals surface area (Å²) in [6.45, 7) is 8.45. The first-order chi connectivity index (χ1) is 12.0. The van der Waals surface area contributed by atoms with E-state index in [-0.39, 0.29) is 5.82 Å². The van der Waals surface area contributed by atoms with Crippen molar-refractivity contribution >= 4 is 28.9 Å². The molecule has 0 bridgehead atoms. The normalized spacial score (nSPS) is 12.2. The van der Waals surface area contributed by atoms with Gasteiger partial charge in [-0.2, -0.15) is 5.10 Å². The molecule has 1 aromatic carbocycles. The largest absolute Gasteiger partial charge is 0.253 e. The minimum absolute atomic E-state index is 0.254. The fourth-order valence-corrected chi connectivity index (χ4v) is 3.79. The summed E-state index contributed by atoms with van der Waals surface area (Å²) in [6, 6.07) is 8.48. The third-order valence-electron chi connectivity index (χ3n) is 3.50.